The molecule has 0 bridgehead atoms. The first kappa shape index (κ1) is 18.3. The zero-order valence-corrected chi connectivity index (χ0v) is 16.0. The molecule has 7 heteroatoms. The van der Waals surface area contributed by atoms with Crippen molar-refractivity contribution in [2.75, 3.05) is 40.9 Å². The van der Waals surface area contributed by atoms with E-state index in [0.717, 1.165) is 11.3 Å². The Kier molecular flexibility index (Phi) is 4.91. The second-order valence-electron chi connectivity index (χ2n) is 6.64. The smallest absolute Gasteiger partial charge is 0.255 e. The van der Waals surface area contributed by atoms with Gasteiger partial charge in [0.25, 0.3) is 5.91 Å². The highest BCUT2D eigenvalue weighted by atomic mass is 32.2. The Bertz CT molecular complexity index is 939. The van der Waals surface area contributed by atoms with Crippen LogP contribution >= 0.6 is 0 Å². The monoisotopic (exact) mass is 373 g/mol. The van der Waals surface area contributed by atoms with Gasteiger partial charge in [-0.1, -0.05) is 12.1 Å². The number of hydrogen-bond donors (Lipinski definition) is 1. The molecule has 1 amide bonds. The highest BCUT2D eigenvalue weighted by Gasteiger charge is 2.28. The van der Waals surface area contributed by atoms with Crippen LogP contribution in [-0.4, -0.2) is 40.7 Å². The summed E-state index contributed by atoms with van der Waals surface area (Å²) in [4.78, 5) is 14.6. The fourth-order valence-electron chi connectivity index (χ4n) is 2.95. The van der Waals surface area contributed by atoms with Crippen molar-refractivity contribution in [3.8, 4) is 0 Å². The van der Waals surface area contributed by atoms with E-state index in [1.54, 1.807) is 18.2 Å². The van der Waals surface area contributed by atoms with Gasteiger partial charge in [0.2, 0.25) is 10.0 Å². The van der Waals surface area contributed by atoms with Crippen LogP contribution in [0.25, 0.3) is 0 Å². The maximum absolute atomic E-state index is 12.6. The molecular formula is C19H23N3O3S. The van der Waals surface area contributed by atoms with Gasteiger partial charge < -0.3 is 10.2 Å². The lowest BCUT2D eigenvalue weighted by molar-refractivity contribution is 0.102. The van der Waals surface area contributed by atoms with Crippen LogP contribution in [0.2, 0.25) is 0 Å². The number of hydrogen-bond acceptors (Lipinski definition) is 4. The molecule has 1 N–H and O–H groups in total. The normalized spacial score (nSPS) is 15.7. The van der Waals surface area contributed by atoms with Gasteiger partial charge in [-0.25, -0.2) is 8.42 Å². The molecule has 0 aromatic heterocycles. The number of rotatable bonds is 4. The minimum atomic E-state index is -3.25. The van der Waals surface area contributed by atoms with Crippen LogP contribution in [0.4, 0.5) is 17.1 Å². The Hall–Kier alpha value is -2.54. The predicted octanol–water partition coefficient (Wildman–Crippen LogP) is 2.85. The topological polar surface area (TPSA) is 69.7 Å². The van der Waals surface area contributed by atoms with Crippen LogP contribution in [0.5, 0.6) is 0 Å². The maximum Gasteiger partial charge on any atom is 0.255 e. The van der Waals surface area contributed by atoms with E-state index in [2.05, 4.69) is 5.32 Å². The molecule has 1 saturated heterocycles. The first-order chi connectivity index (χ1) is 12.3. The molecule has 0 radical (unpaired) electrons. The number of benzene rings is 2. The van der Waals surface area contributed by atoms with Crippen molar-refractivity contribution in [3.05, 3.63) is 53.6 Å². The zero-order chi connectivity index (χ0) is 18.9. The molecule has 0 aliphatic carbocycles. The Morgan fingerprint density at radius 1 is 1.15 bits per heavy atom. The number of sulfonamides is 1. The molecule has 2 aromatic rings. The van der Waals surface area contributed by atoms with Gasteiger partial charge >= 0.3 is 0 Å². The van der Waals surface area contributed by atoms with E-state index >= 15 is 0 Å². The second-order valence-corrected chi connectivity index (χ2v) is 8.65. The third kappa shape index (κ3) is 3.67. The Labute approximate surface area is 154 Å². The third-order valence-corrected chi connectivity index (χ3v) is 6.35. The number of nitrogens with zero attached hydrogens (tertiary/aromatic N) is 2. The summed E-state index contributed by atoms with van der Waals surface area (Å²) >= 11 is 0. The predicted molar refractivity (Wildman–Crippen MR) is 106 cm³/mol. The average Bonchev–Trinajstić information content (AvgIpc) is 2.96. The van der Waals surface area contributed by atoms with E-state index in [1.165, 1.54) is 4.31 Å². The summed E-state index contributed by atoms with van der Waals surface area (Å²) in [6, 6.07) is 12.7. The van der Waals surface area contributed by atoms with Crippen molar-refractivity contribution in [1.29, 1.82) is 0 Å². The summed E-state index contributed by atoms with van der Waals surface area (Å²) in [5.41, 5.74) is 3.57. The van der Waals surface area contributed by atoms with E-state index in [4.69, 9.17) is 0 Å². The quantitative estimate of drug-likeness (QED) is 0.895. The van der Waals surface area contributed by atoms with Gasteiger partial charge in [-0.3, -0.25) is 9.10 Å². The summed E-state index contributed by atoms with van der Waals surface area (Å²) in [7, 11) is 0.585. The Morgan fingerprint density at radius 3 is 2.58 bits per heavy atom. The largest absolute Gasteiger partial charge is 0.378 e. The SMILES string of the molecule is Cc1ccc(N2CCCS2(=O)=O)cc1NC(=O)c1cccc(N(C)C)c1. The molecule has 0 unspecified atom stereocenters. The van der Waals surface area contributed by atoms with Gasteiger partial charge in [-0.05, 0) is 49.2 Å². The molecule has 0 spiro atoms. The zero-order valence-electron chi connectivity index (χ0n) is 15.2. The van der Waals surface area contributed by atoms with Gasteiger partial charge in [0, 0.05) is 37.6 Å². The molecule has 1 fully saturated rings. The van der Waals surface area contributed by atoms with Crippen LogP contribution in [-0.2, 0) is 10.0 Å². The van der Waals surface area contributed by atoms with Crippen molar-refractivity contribution in [1.82, 2.24) is 0 Å². The van der Waals surface area contributed by atoms with Gasteiger partial charge in [-0.2, -0.15) is 0 Å². The van der Waals surface area contributed by atoms with Crippen molar-refractivity contribution >= 4 is 33.0 Å². The molecule has 1 aliphatic heterocycles. The molecule has 3 rings (SSSR count). The molecule has 6 nitrogen and oxygen atoms in total. The van der Waals surface area contributed by atoms with E-state index in [0.29, 0.717) is 29.9 Å². The van der Waals surface area contributed by atoms with Crippen LogP contribution in [0.15, 0.2) is 42.5 Å². The summed E-state index contributed by atoms with van der Waals surface area (Å²) in [5, 5.41) is 2.90. The fraction of sp³-hybridized carbons (Fsp3) is 0.316. The number of aryl methyl sites for hydroxylation is 1. The summed E-state index contributed by atoms with van der Waals surface area (Å²) < 4.78 is 25.7. The first-order valence-electron chi connectivity index (χ1n) is 8.48. The lowest BCUT2D eigenvalue weighted by Gasteiger charge is -2.19. The third-order valence-electron chi connectivity index (χ3n) is 4.48. The van der Waals surface area contributed by atoms with E-state index in [-0.39, 0.29) is 11.7 Å². The molecule has 1 heterocycles. The molecule has 2 aromatic carbocycles. The van der Waals surface area contributed by atoms with Crippen molar-refractivity contribution in [2.45, 2.75) is 13.3 Å². The minimum Gasteiger partial charge on any atom is -0.378 e. The Morgan fingerprint density at radius 2 is 1.92 bits per heavy atom. The molecule has 0 saturated carbocycles. The van der Waals surface area contributed by atoms with E-state index in [1.807, 2.05) is 50.2 Å². The second kappa shape index (κ2) is 6.99. The lowest BCUT2D eigenvalue weighted by Crippen LogP contribution is -2.25. The fourth-order valence-corrected chi connectivity index (χ4v) is 4.51. The summed E-state index contributed by atoms with van der Waals surface area (Å²) in [5.74, 6) is -0.0573. The molecule has 26 heavy (non-hydrogen) atoms. The van der Waals surface area contributed by atoms with Crippen LogP contribution in [0, 0.1) is 6.92 Å². The number of amides is 1. The number of carbonyl (C=O) groups is 1. The standard InChI is InChI=1S/C19H23N3O3S/c1-14-8-9-17(22-10-5-11-26(22,24)25)13-18(14)20-19(23)15-6-4-7-16(12-15)21(2)3/h4,6-9,12-13H,5,10-11H2,1-3H3,(H,20,23). The number of nitrogens with one attached hydrogen (secondary N) is 1. The van der Waals surface area contributed by atoms with Crippen molar-refractivity contribution < 1.29 is 13.2 Å². The summed E-state index contributed by atoms with van der Waals surface area (Å²) in [6.07, 6.45) is 0.620. The highest BCUT2D eigenvalue weighted by molar-refractivity contribution is 7.93. The van der Waals surface area contributed by atoms with Gasteiger partial charge in [0.1, 0.15) is 0 Å². The van der Waals surface area contributed by atoms with Gasteiger partial charge in [0.15, 0.2) is 0 Å². The molecule has 138 valence electrons. The van der Waals surface area contributed by atoms with E-state index < -0.39 is 10.0 Å². The first-order valence-corrected chi connectivity index (χ1v) is 10.1. The van der Waals surface area contributed by atoms with Crippen LogP contribution in [0.1, 0.15) is 22.3 Å². The molecule has 1 aliphatic rings. The highest BCUT2D eigenvalue weighted by Crippen LogP contribution is 2.29. The number of anilines is 3. The van der Waals surface area contributed by atoms with Gasteiger partial charge in [0.05, 0.1) is 11.4 Å². The van der Waals surface area contributed by atoms with Crippen LogP contribution < -0.4 is 14.5 Å². The van der Waals surface area contributed by atoms with E-state index in [9.17, 15) is 13.2 Å². The summed E-state index contributed by atoms with van der Waals surface area (Å²) in [6.45, 7) is 2.36. The molecule has 0 atom stereocenters. The maximum atomic E-state index is 12.6. The van der Waals surface area contributed by atoms with Crippen LogP contribution in [0.3, 0.4) is 0 Å². The molecular weight excluding hydrogens is 350 g/mol. The minimum absolute atomic E-state index is 0.167. The van der Waals surface area contributed by atoms with Gasteiger partial charge in [-0.15, -0.1) is 0 Å². The van der Waals surface area contributed by atoms with Crippen molar-refractivity contribution in [3.63, 3.8) is 0 Å². The lowest BCUT2D eigenvalue weighted by atomic mass is 10.1. The van der Waals surface area contributed by atoms with Crippen molar-refractivity contribution in [2.24, 2.45) is 0 Å². The average molecular weight is 373 g/mol. The Balaban J connectivity index is 1.87. The number of carbonyl (C=O) groups excluding carboxylic acids is 1.